The molecule has 0 radical (unpaired) electrons. The van der Waals surface area contributed by atoms with Gasteiger partial charge in [0.25, 0.3) is 0 Å². The summed E-state index contributed by atoms with van der Waals surface area (Å²) in [4.78, 5) is 16.2. The molecule has 0 aromatic heterocycles. The van der Waals surface area contributed by atoms with Crippen LogP contribution >= 0.6 is 0 Å². The number of likely N-dealkylation sites (N-methyl/N-ethyl adjacent to an activating group) is 1. The highest BCUT2D eigenvalue weighted by atomic mass is 32.2. The monoisotopic (exact) mass is 343 g/mol. The predicted octanol–water partition coefficient (Wildman–Crippen LogP) is 1.45. The molecule has 0 aromatic carbocycles. The van der Waals surface area contributed by atoms with Crippen LogP contribution in [0.2, 0.25) is 0 Å². The first-order chi connectivity index (χ1) is 10.9. The van der Waals surface area contributed by atoms with E-state index < -0.39 is 9.84 Å². The molecular formula is C16H29N3O3S. The Morgan fingerprint density at radius 2 is 1.87 bits per heavy atom. The van der Waals surface area contributed by atoms with Gasteiger partial charge in [0.05, 0.1) is 11.5 Å². The van der Waals surface area contributed by atoms with Crippen molar-refractivity contribution in [3.63, 3.8) is 0 Å². The lowest BCUT2D eigenvalue weighted by Gasteiger charge is -2.29. The fraction of sp³-hybridized carbons (Fsp3) is 0.812. The number of urea groups is 1. The van der Waals surface area contributed by atoms with Crippen molar-refractivity contribution in [1.29, 1.82) is 0 Å². The maximum absolute atomic E-state index is 12.5. The highest BCUT2D eigenvalue weighted by molar-refractivity contribution is 7.91. The van der Waals surface area contributed by atoms with Gasteiger partial charge in [0.15, 0.2) is 9.84 Å². The molecule has 2 fully saturated rings. The van der Waals surface area contributed by atoms with Gasteiger partial charge < -0.3 is 15.1 Å². The molecule has 23 heavy (non-hydrogen) atoms. The zero-order valence-electron chi connectivity index (χ0n) is 14.2. The second kappa shape index (κ2) is 8.15. The van der Waals surface area contributed by atoms with Gasteiger partial charge in [-0.25, -0.2) is 13.2 Å². The molecular weight excluding hydrogens is 314 g/mol. The van der Waals surface area contributed by atoms with Gasteiger partial charge in [-0.1, -0.05) is 18.9 Å². The van der Waals surface area contributed by atoms with E-state index in [1.54, 1.807) is 11.1 Å². The van der Waals surface area contributed by atoms with Crippen molar-refractivity contribution >= 4 is 15.9 Å². The van der Waals surface area contributed by atoms with Gasteiger partial charge in [0, 0.05) is 25.3 Å². The highest BCUT2D eigenvalue weighted by Crippen LogP contribution is 2.25. The summed E-state index contributed by atoms with van der Waals surface area (Å²) in [5, 5.41) is 2.83. The first-order valence-corrected chi connectivity index (χ1v) is 10.3. The second-order valence-corrected chi connectivity index (χ2v) is 9.14. The molecule has 1 heterocycles. The van der Waals surface area contributed by atoms with Crippen LogP contribution in [0.1, 0.15) is 32.1 Å². The molecule has 0 spiro atoms. The summed E-state index contributed by atoms with van der Waals surface area (Å²) in [7, 11) is 0.892. The van der Waals surface area contributed by atoms with Crippen LogP contribution in [0.4, 0.5) is 4.79 Å². The molecule has 1 aliphatic heterocycles. The summed E-state index contributed by atoms with van der Waals surface area (Å²) in [6.07, 6.45) is 9.26. The normalized spacial score (nSPS) is 24.6. The van der Waals surface area contributed by atoms with Gasteiger partial charge in [0.2, 0.25) is 0 Å². The van der Waals surface area contributed by atoms with Crippen LogP contribution in [-0.2, 0) is 9.84 Å². The summed E-state index contributed by atoms with van der Waals surface area (Å²) in [6.45, 7) is 1.26. The van der Waals surface area contributed by atoms with Crippen molar-refractivity contribution in [2.24, 2.45) is 5.92 Å². The number of hydrogen-bond donors (Lipinski definition) is 1. The Hall–Kier alpha value is -1.08. The van der Waals surface area contributed by atoms with Crippen molar-refractivity contribution in [1.82, 2.24) is 15.1 Å². The fourth-order valence-corrected chi connectivity index (χ4v) is 5.00. The average Bonchev–Trinajstić information content (AvgIpc) is 3.08. The van der Waals surface area contributed by atoms with Crippen LogP contribution in [0, 0.1) is 5.92 Å². The third-order valence-corrected chi connectivity index (χ3v) is 6.42. The van der Waals surface area contributed by atoms with Crippen molar-refractivity contribution in [3.05, 3.63) is 12.3 Å². The summed E-state index contributed by atoms with van der Waals surface area (Å²) >= 11 is 0. The highest BCUT2D eigenvalue weighted by Gasteiger charge is 2.34. The molecule has 2 rings (SSSR count). The molecule has 6 nitrogen and oxygen atoms in total. The summed E-state index contributed by atoms with van der Waals surface area (Å²) in [5.74, 6) is 0.832. The molecule has 2 aliphatic rings. The van der Waals surface area contributed by atoms with Crippen LogP contribution in [0.25, 0.3) is 0 Å². The number of carbonyl (C=O) groups is 1. The number of rotatable bonds is 6. The SMILES string of the molecule is CN(C)CCN(C(=O)N/C=C/C1CCCC1)C1CCS(=O)(=O)C1. The minimum atomic E-state index is -3.00. The Labute approximate surface area is 139 Å². The van der Waals surface area contributed by atoms with E-state index in [2.05, 4.69) is 11.4 Å². The van der Waals surface area contributed by atoms with E-state index >= 15 is 0 Å². The number of allylic oxidation sites excluding steroid dienone is 1. The standard InChI is InChI=1S/C16H29N3O3S/c1-18(2)10-11-19(15-8-12-23(21,22)13-15)16(20)17-9-7-14-5-3-4-6-14/h7,9,14-15H,3-6,8,10-13H2,1-2H3,(H,17,20)/b9-7+. The van der Waals surface area contributed by atoms with Gasteiger partial charge >= 0.3 is 6.03 Å². The molecule has 2 amide bonds. The molecule has 0 bridgehead atoms. The fourth-order valence-electron chi connectivity index (χ4n) is 3.27. The Morgan fingerprint density at radius 3 is 2.43 bits per heavy atom. The number of carbonyl (C=O) groups excluding carboxylic acids is 1. The van der Waals surface area contributed by atoms with E-state index in [1.165, 1.54) is 25.7 Å². The molecule has 132 valence electrons. The minimum absolute atomic E-state index is 0.0835. The lowest BCUT2D eigenvalue weighted by molar-refractivity contribution is 0.176. The van der Waals surface area contributed by atoms with Gasteiger partial charge in [0.1, 0.15) is 0 Å². The number of nitrogens with one attached hydrogen (secondary N) is 1. The predicted molar refractivity (Wildman–Crippen MR) is 91.9 cm³/mol. The van der Waals surface area contributed by atoms with Gasteiger partial charge in [-0.15, -0.1) is 0 Å². The zero-order chi connectivity index (χ0) is 16.9. The number of hydrogen-bond acceptors (Lipinski definition) is 4. The zero-order valence-corrected chi connectivity index (χ0v) is 15.0. The van der Waals surface area contributed by atoms with Crippen molar-refractivity contribution in [3.8, 4) is 0 Å². The van der Waals surface area contributed by atoms with Gasteiger partial charge in [-0.05, 0) is 39.3 Å². The van der Waals surface area contributed by atoms with Gasteiger partial charge in [-0.2, -0.15) is 0 Å². The first-order valence-electron chi connectivity index (χ1n) is 8.46. The molecule has 1 N–H and O–H groups in total. The van der Waals surface area contributed by atoms with Crippen LogP contribution < -0.4 is 5.32 Å². The molecule has 1 atom stereocenters. The Balaban J connectivity index is 1.93. The van der Waals surface area contributed by atoms with E-state index in [4.69, 9.17) is 0 Å². The number of sulfone groups is 1. The van der Waals surface area contributed by atoms with Crippen LogP contribution in [0.15, 0.2) is 12.3 Å². The Morgan fingerprint density at radius 1 is 1.17 bits per heavy atom. The lowest BCUT2D eigenvalue weighted by atomic mass is 10.1. The summed E-state index contributed by atoms with van der Waals surface area (Å²) < 4.78 is 23.4. The molecule has 1 saturated heterocycles. The lowest BCUT2D eigenvalue weighted by Crippen LogP contribution is -2.48. The van der Waals surface area contributed by atoms with E-state index in [9.17, 15) is 13.2 Å². The quantitative estimate of drug-likeness (QED) is 0.792. The van der Waals surface area contributed by atoms with Crippen LogP contribution in [-0.4, -0.2) is 69.0 Å². The first kappa shape index (κ1) is 18.3. The van der Waals surface area contributed by atoms with E-state index in [0.717, 1.165) is 6.54 Å². The van der Waals surface area contributed by atoms with Gasteiger partial charge in [-0.3, -0.25) is 0 Å². The third-order valence-electron chi connectivity index (χ3n) is 4.67. The molecule has 1 saturated carbocycles. The molecule has 7 heteroatoms. The van der Waals surface area contributed by atoms with Crippen molar-refractivity contribution in [2.75, 3.05) is 38.7 Å². The van der Waals surface area contributed by atoms with E-state index in [0.29, 0.717) is 18.9 Å². The van der Waals surface area contributed by atoms with E-state index in [1.807, 2.05) is 19.0 Å². The number of amides is 2. The number of nitrogens with zero attached hydrogens (tertiary/aromatic N) is 2. The molecule has 0 aromatic rings. The van der Waals surface area contributed by atoms with Crippen LogP contribution in [0.3, 0.4) is 0 Å². The van der Waals surface area contributed by atoms with E-state index in [-0.39, 0.29) is 23.6 Å². The minimum Gasteiger partial charge on any atom is -0.319 e. The summed E-state index contributed by atoms with van der Waals surface area (Å²) in [6, 6.07) is -0.400. The second-order valence-electron chi connectivity index (χ2n) is 6.91. The average molecular weight is 343 g/mol. The van der Waals surface area contributed by atoms with Crippen molar-refractivity contribution < 1.29 is 13.2 Å². The summed E-state index contributed by atoms with van der Waals surface area (Å²) in [5.41, 5.74) is 0. The third kappa shape index (κ3) is 5.80. The maximum Gasteiger partial charge on any atom is 0.321 e. The topological polar surface area (TPSA) is 69.7 Å². The van der Waals surface area contributed by atoms with Crippen LogP contribution in [0.5, 0.6) is 0 Å². The smallest absolute Gasteiger partial charge is 0.319 e. The maximum atomic E-state index is 12.5. The Kier molecular flexibility index (Phi) is 6.47. The largest absolute Gasteiger partial charge is 0.321 e. The van der Waals surface area contributed by atoms with Crippen molar-refractivity contribution in [2.45, 2.75) is 38.1 Å². The Bertz CT molecular complexity index is 525. The molecule has 1 unspecified atom stereocenters. The molecule has 1 aliphatic carbocycles.